The highest BCUT2D eigenvalue weighted by atomic mass is 16.3. The summed E-state index contributed by atoms with van der Waals surface area (Å²) in [6.07, 6.45) is 0. The quantitative estimate of drug-likeness (QED) is 0.177. The Morgan fingerprint density at radius 2 is 0.776 bits per heavy atom. The second kappa shape index (κ2) is 11.8. The van der Waals surface area contributed by atoms with Gasteiger partial charge in [-0.05, 0) is 102 Å². The monoisotopic (exact) mass is 739 g/mol. The van der Waals surface area contributed by atoms with Gasteiger partial charge in [-0.2, -0.15) is 0 Å². The number of benzene rings is 9. The molecule has 0 aliphatic heterocycles. The van der Waals surface area contributed by atoms with Gasteiger partial charge in [0.05, 0.1) is 38.5 Å². The molecule has 0 saturated heterocycles. The summed E-state index contributed by atoms with van der Waals surface area (Å²) in [4.78, 5) is 0. The third kappa shape index (κ3) is 4.34. The average molecular weight is 740 g/mol. The van der Waals surface area contributed by atoms with Gasteiger partial charge in [-0.1, -0.05) is 109 Å². The van der Waals surface area contributed by atoms with Gasteiger partial charge in [0.1, 0.15) is 11.2 Å². The van der Waals surface area contributed by atoms with E-state index in [0.29, 0.717) is 0 Å². The maximum Gasteiger partial charge on any atom is 0.137 e. The molecule has 0 N–H and O–H groups in total. The van der Waals surface area contributed by atoms with Crippen LogP contribution in [0.3, 0.4) is 0 Å². The lowest BCUT2D eigenvalue weighted by Gasteiger charge is -2.12. The summed E-state index contributed by atoms with van der Waals surface area (Å²) in [5, 5.41) is 9.66. The van der Waals surface area contributed by atoms with Crippen molar-refractivity contribution in [3.63, 3.8) is 0 Å². The number of fused-ring (bicyclic) bond motifs is 13. The van der Waals surface area contributed by atoms with Crippen molar-refractivity contribution in [1.82, 2.24) is 13.7 Å². The zero-order valence-electron chi connectivity index (χ0n) is 31.3. The van der Waals surface area contributed by atoms with Gasteiger partial charge in [-0.3, -0.25) is 0 Å². The summed E-state index contributed by atoms with van der Waals surface area (Å²) in [6, 6.07) is 72.5. The molecule has 0 aliphatic carbocycles. The minimum atomic E-state index is 0.896. The maximum atomic E-state index is 6.41. The summed E-state index contributed by atoms with van der Waals surface area (Å²) < 4.78 is 13.6. The first-order chi connectivity index (χ1) is 28.8. The fourth-order valence-electron chi connectivity index (χ4n) is 9.72. The molecular weight excluding hydrogens is 707 g/mol. The van der Waals surface area contributed by atoms with Gasteiger partial charge in [0, 0.05) is 54.8 Å². The number of nitrogens with zero attached hydrogens (tertiary/aromatic N) is 3. The van der Waals surface area contributed by atoms with Crippen molar-refractivity contribution in [3.05, 3.63) is 200 Å². The smallest absolute Gasteiger partial charge is 0.137 e. The summed E-state index contributed by atoms with van der Waals surface area (Å²) in [5.74, 6) is 0. The Morgan fingerprint density at radius 1 is 0.276 bits per heavy atom. The van der Waals surface area contributed by atoms with Crippen LogP contribution in [0, 0.1) is 0 Å². The first-order valence-corrected chi connectivity index (χ1v) is 19.8. The van der Waals surface area contributed by atoms with Gasteiger partial charge < -0.3 is 18.1 Å². The third-order valence-electron chi connectivity index (χ3n) is 12.2. The van der Waals surface area contributed by atoms with Crippen LogP contribution < -0.4 is 0 Å². The summed E-state index contributed by atoms with van der Waals surface area (Å²) in [6.45, 7) is 0. The summed E-state index contributed by atoms with van der Waals surface area (Å²) >= 11 is 0. The van der Waals surface area contributed by atoms with Crippen LogP contribution >= 0.6 is 0 Å². The van der Waals surface area contributed by atoms with Crippen molar-refractivity contribution in [2.75, 3.05) is 0 Å². The second-order valence-corrected chi connectivity index (χ2v) is 15.3. The first-order valence-electron chi connectivity index (χ1n) is 19.8. The van der Waals surface area contributed by atoms with Crippen molar-refractivity contribution in [1.29, 1.82) is 0 Å². The molecule has 0 bridgehead atoms. The second-order valence-electron chi connectivity index (χ2n) is 15.3. The van der Waals surface area contributed by atoms with Crippen LogP contribution in [0.25, 0.3) is 116 Å². The number of hydrogen-bond acceptors (Lipinski definition) is 1. The van der Waals surface area contributed by atoms with Crippen LogP contribution in [-0.2, 0) is 0 Å². The zero-order chi connectivity index (χ0) is 37.9. The molecule has 0 fully saturated rings. The van der Waals surface area contributed by atoms with Crippen molar-refractivity contribution in [2.45, 2.75) is 0 Å². The highest BCUT2D eigenvalue weighted by Gasteiger charge is 2.21. The Balaban J connectivity index is 1.03. The van der Waals surface area contributed by atoms with Crippen LogP contribution in [0.5, 0.6) is 0 Å². The van der Waals surface area contributed by atoms with Crippen LogP contribution in [0.15, 0.2) is 205 Å². The molecule has 270 valence electrons. The molecule has 13 aromatic rings. The van der Waals surface area contributed by atoms with Crippen molar-refractivity contribution in [2.24, 2.45) is 0 Å². The van der Waals surface area contributed by atoms with Gasteiger partial charge in [0.25, 0.3) is 0 Å². The van der Waals surface area contributed by atoms with Gasteiger partial charge in [0.15, 0.2) is 0 Å². The predicted octanol–water partition coefficient (Wildman–Crippen LogP) is 14.5. The predicted molar refractivity (Wildman–Crippen MR) is 242 cm³/mol. The van der Waals surface area contributed by atoms with E-state index in [2.05, 4.69) is 208 Å². The molecule has 0 aliphatic rings. The van der Waals surface area contributed by atoms with E-state index in [9.17, 15) is 0 Å². The normalized spacial score (nSPS) is 12.1. The molecule has 0 unspecified atom stereocenters. The van der Waals surface area contributed by atoms with Crippen LogP contribution in [0.1, 0.15) is 0 Å². The molecule has 4 heteroatoms. The van der Waals surface area contributed by atoms with Gasteiger partial charge in [-0.25, -0.2) is 0 Å². The standard InChI is InChI=1S/C54H33N3O/c1-3-13-36(14-4-1)55-46-20-10-7-17-39(46)44-31-34(23-28-48(44)55)35-24-29-49-45(32-35)40-18-8-11-21-47(40)56(49)38-25-26-41-42-27-30-52-53(43-19-9-12-22-51(43)58-52)54(42)57(50(41)33-38)37-15-5-2-6-16-37/h1-33H. The lowest BCUT2D eigenvalue weighted by molar-refractivity contribution is 0.669. The highest BCUT2D eigenvalue weighted by Crippen LogP contribution is 2.43. The highest BCUT2D eigenvalue weighted by molar-refractivity contribution is 6.25. The van der Waals surface area contributed by atoms with E-state index in [-0.39, 0.29) is 0 Å². The zero-order valence-corrected chi connectivity index (χ0v) is 31.3. The molecule has 13 rings (SSSR count). The largest absolute Gasteiger partial charge is 0.456 e. The molecule has 0 amide bonds. The van der Waals surface area contributed by atoms with Gasteiger partial charge in [0.2, 0.25) is 0 Å². The van der Waals surface area contributed by atoms with E-state index in [4.69, 9.17) is 4.42 Å². The topological polar surface area (TPSA) is 27.9 Å². The molecule has 4 heterocycles. The van der Waals surface area contributed by atoms with Crippen LogP contribution in [0.2, 0.25) is 0 Å². The van der Waals surface area contributed by atoms with E-state index in [1.165, 1.54) is 71.2 Å². The number of hydrogen-bond donors (Lipinski definition) is 0. The number of para-hydroxylation sites is 5. The van der Waals surface area contributed by atoms with Crippen molar-refractivity contribution < 1.29 is 4.42 Å². The Kier molecular flexibility index (Phi) is 6.41. The fraction of sp³-hybridized carbons (Fsp3) is 0. The number of furan rings is 1. The third-order valence-corrected chi connectivity index (χ3v) is 12.2. The lowest BCUT2D eigenvalue weighted by atomic mass is 10.0. The number of rotatable bonds is 4. The molecule has 0 radical (unpaired) electrons. The molecule has 9 aromatic carbocycles. The Labute approximate surface area is 332 Å². The molecule has 58 heavy (non-hydrogen) atoms. The minimum absolute atomic E-state index is 0.896. The van der Waals surface area contributed by atoms with Crippen molar-refractivity contribution in [3.8, 4) is 28.2 Å². The van der Waals surface area contributed by atoms with E-state index in [0.717, 1.165) is 44.3 Å². The van der Waals surface area contributed by atoms with Crippen molar-refractivity contribution >= 4 is 87.4 Å². The Morgan fingerprint density at radius 3 is 1.43 bits per heavy atom. The van der Waals surface area contributed by atoms with E-state index >= 15 is 0 Å². The SMILES string of the molecule is c1ccc(-n2c3ccccc3c3cc(-c4ccc5c(c4)c4ccccc4n5-c4ccc5c6ccc7oc8ccccc8c7c6n(-c6ccccc6)c5c4)ccc32)cc1. The molecule has 0 spiro atoms. The van der Waals surface area contributed by atoms with Crippen LogP contribution in [0.4, 0.5) is 0 Å². The average Bonchev–Trinajstić information content (AvgIpc) is 4.02. The van der Waals surface area contributed by atoms with E-state index < -0.39 is 0 Å². The summed E-state index contributed by atoms with van der Waals surface area (Å²) in [7, 11) is 0. The summed E-state index contributed by atoms with van der Waals surface area (Å²) in [5.41, 5.74) is 14.7. The van der Waals surface area contributed by atoms with Gasteiger partial charge in [-0.15, -0.1) is 0 Å². The van der Waals surface area contributed by atoms with Gasteiger partial charge >= 0.3 is 0 Å². The molecule has 4 nitrogen and oxygen atoms in total. The molecular formula is C54H33N3O. The van der Waals surface area contributed by atoms with E-state index in [1.807, 2.05) is 6.07 Å². The molecule has 4 aromatic heterocycles. The van der Waals surface area contributed by atoms with Crippen LogP contribution in [-0.4, -0.2) is 13.7 Å². The maximum absolute atomic E-state index is 6.41. The Hall–Kier alpha value is -7.82. The number of aromatic nitrogens is 3. The molecule has 0 saturated carbocycles. The fourth-order valence-corrected chi connectivity index (χ4v) is 9.72. The molecule has 0 atom stereocenters. The lowest BCUT2D eigenvalue weighted by Crippen LogP contribution is -1.97. The first kappa shape index (κ1) is 31.4. The Bertz CT molecular complexity index is 3790. The minimum Gasteiger partial charge on any atom is -0.456 e. The van der Waals surface area contributed by atoms with E-state index in [1.54, 1.807) is 0 Å².